The summed E-state index contributed by atoms with van der Waals surface area (Å²) in [6.45, 7) is 2.32. The fourth-order valence-electron chi connectivity index (χ4n) is 5.54. The van der Waals surface area contributed by atoms with Gasteiger partial charge in [-0.25, -0.2) is 0 Å². The van der Waals surface area contributed by atoms with Crippen LogP contribution in [0.3, 0.4) is 0 Å². The Hall–Kier alpha value is -1.02. The van der Waals surface area contributed by atoms with Gasteiger partial charge in [-0.15, -0.1) is 0 Å². The van der Waals surface area contributed by atoms with Crippen LogP contribution in [0.15, 0.2) is 18.2 Å². The van der Waals surface area contributed by atoms with Gasteiger partial charge in [0.1, 0.15) is 5.75 Å². The Morgan fingerprint density at radius 2 is 2.00 bits per heavy atom. The molecule has 0 radical (unpaired) electrons. The van der Waals surface area contributed by atoms with Crippen molar-refractivity contribution >= 4 is 0 Å². The zero-order chi connectivity index (χ0) is 13.9. The second-order valence-electron chi connectivity index (χ2n) is 7.44. The number of aromatic hydroxyl groups is 1. The molecule has 2 nitrogen and oxygen atoms in total. The topological polar surface area (TPSA) is 40.5 Å². The molecule has 2 heteroatoms. The van der Waals surface area contributed by atoms with Gasteiger partial charge in [-0.1, -0.05) is 13.0 Å². The van der Waals surface area contributed by atoms with Crippen LogP contribution in [0.2, 0.25) is 0 Å². The van der Waals surface area contributed by atoms with E-state index in [1.807, 2.05) is 12.1 Å². The van der Waals surface area contributed by atoms with Crippen LogP contribution in [0.1, 0.15) is 56.1 Å². The Morgan fingerprint density at radius 3 is 2.85 bits per heavy atom. The molecule has 0 amide bonds. The maximum atomic E-state index is 10.4. The molecule has 3 aliphatic carbocycles. The number of fused-ring (bicyclic) bond motifs is 5. The molecule has 0 heterocycles. The maximum Gasteiger partial charge on any atom is 0.115 e. The molecule has 3 unspecified atom stereocenters. The molecule has 5 atom stereocenters. The standard InChI is InChI=1S/C18H24O2/c1-18-9-8-14-13-5-3-12(19)10-11(13)2-4-15(14)16(18)6-7-17(18)20/h3,5,10,14-17,19-20H,2,4,6-9H2,1H3/t14?,15?,16?,17-,18+/m0/s1. The number of phenols is 1. The first kappa shape index (κ1) is 12.7. The van der Waals surface area contributed by atoms with Gasteiger partial charge in [0.2, 0.25) is 0 Å². The number of aliphatic hydroxyl groups excluding tert-OH is 1. The molecule has 4 rings (SSSR count). The molecule has 3 aliphatic rings. The minimum Gasteiger partial charge on any atom is -0.508 e. The minimum absolute atomic E-state index is 0.0883. The summed E-state index contributed by atoms with van der Waals surface area (Å²) >= 11 is 0. The van der Waals surface area contributed by atoms with E-state index in [0.717, 1.165) is 25.2 Å². The number of aliphatic hydroxyl groups is 1. The molecule has 20 heavy (non-hydrogen) atoms. The predicted octanol–water partition coefficient (Wildman–Crippen LogP) is 3.61. The van der Waals surface area contributed by atoms with E-state index in [2.05, 4.69) is 13.0 Å². The maximum absolute atomic E-state index is 10.4. The van der Waals surface area contributed by atoms with Gasteiger partial charge in [-0.2, -0.15) is 0 Å². The van der Waals surface area contributed by atoms with Gasteiger partial charge < -0.3 is 10.2 Å². The Morgan fingerprint density at radius 1 is 1.15 bits per heavy atom. The van der Waals surface area contributed by atoms with E-state index in [1.165, 1.54) is 30.4 Å². The molecule has 2 N–H and O–H groups in total. The van der Waals surface area contributed by atoms with Crippen molar-refractivity contribution in [3.63, 3.8) is 0 Å². The highest BCUT2D eigenvalue weighted by Crippen LogP contribution is 2.60. The van der Waals surface area contributed by atoms with Crippen LogP contribution in [0.5, 0.6) is 5.75 Å². The van der Waals surface area contributed by atoms with Crippen LogP contribution in [-0.4, -0.2) is 16.3 Å². The third-order valence-corrected chi connectivity index (χ3v) is 6.66. The summed E-state index contributed by atoms with van der Waals surface area (Å²) in [4.78, 5) is 0. The first-order valence-electron chi connectivity index (χ1n) is 8.09. The number of benzene rings is 1. The lowest BCUT2D eigenvalue weighted by Gasteiger charge is -2.50. The summed E-state index contributed by atoms with van der Waals surface area (Å²) < 4.78 is 0. The van der Waals surface area contributed by atoms with Gasteiger partial charge in [0.05, 0.1) is 6.10 Å². The number of rotatable bonds is 0. The first-order valence-corrected chi connectivity index (χ1v) is 8.09. The largest absolute Gasteiger partial charge is 0.508 e. The van der Waals surface area contributed by atoms with Crippen molar-refractivity contribution in [1.82, 2.24) is 0 Å². The Balaban J connectivity index is 1.71. The zero-order valence-electron chi connectivity index (χ0n) is 12.2. The fraction of sp³-hybridized carbons (Fsp3) is 0.667. The number of aryl methyl sites for hydroxylation is 1. The molecule has 108 valence electrons. The number of hydrogen-bond donors (Lipinski definition) is 2. The lowest BCUT2D eigenvalue weighted by Crippen LogP contribution is -2.43. The second-order valence-corrected chi connectivity index (χ2v) is 7.44. The number of phenolic OH excluding ortho intramolecular Hbond substituents is 1. The Kier molecular flexibility index (Phi) is 2.69. The highest BCUT2D eigenvalue weighted by Gasteiger charge is 2.54. The van der Waals surface area contributed by atoms with E-state index in [-0.39, 0.29) is 11.5 Å². The van der Waals surface area contributed by atoms with Crippen LogP contribution in [-0.2, 0) is 6.42 Å². The van der Waals surface area contributed by atoms with Crippen molar-refractivity contribution in [1.29, 1.82) is 0 Å². The first-order chi connectivity index (χ1) is 9.59. The molecule has 0 bridgehead atoms. The van der Waals surface area contributed by atoms with Gasteiger partial charge in [-0.3, -0.25) is 0 Å². The normalized spacial score (nSPS) is 42.7. The van der Waals surface area contributed by atoms with Crippen molar-refractivity contribution < 1.29 is 10.2 Å². The summed E-state index contributed by atoms with van der Waals surface area (Å²) in [5, 5.41) is 20.0. The highest BCUT2D eigenvalue weighted by molar-refractivity contribution is 5.40. The molecular weight excluding hydrogens is 248 g/mol. The van der Waals surface area contributed by atoms with E-state index in [1.54, 1.807) is 0 Å². The summed E-state index contributed by atoms with van der Waals surface area (Å²) in [5.41, 5.74) is 2.99. The van der Waals surface area contributed by atoms with E-state index < -0.39 is 0 Å². The van der Waals surface area contributed by atoms with Crippen molar-refractivity contribution in [2.24, 2.45) is 17.3 Å². The SMILES string of the molecule is C[C@@]12CCC3c4ccc(O)cc4CCC3C1CC[C@@H]2O. The molecular formula is C18H24O2. The second kappa shape index (κ2) is 4.24. The Labute approximate surface area is 120 Å². The quantitative estimate of drug-likeness (QED) is 0.757. The van der Waals surface area contributed by atoms with Gasteiger partial charge in [0.15, 0.2) is 0 Å². The summed E-state index contributed by atoms with van der Waals surface area (Å²) in [5.74, 6) is 2.49. The van der Waals surface area contributed by atoms with Gasteiger partial charge in [0.25, 0.3) is 0 Å². The van der Waals surface area contributed by atoms with Crippen molar-refractivity contribution in [3.05, 3.63) is 29.3 Å². The van der Waals surface area contributed by atoms with Crippen LogP contribution in [0.25, 0.3) is 0 Å². The van der Waals surface area contributed by atoms with Crippen LogP contribution in [0, 0.1) is 17.3 Å². The summed E-state index contributed by atoms with van der Waals surface area (Å²) in [6.07, 6.45) is 6.78. The van der Waals surface area contributed by atoms with Gasteiger partial charge in [-0.05, 0) is 85.0 Å². The molecule has 0 aromatic heterocycles. The van der Waals surface area contributed by atoms with E-state index >= 15 is 0 Å². The highest BCUT2D eigenvalue weighted by atomic mass is 16.3. The summed E-state index contributed by atoms with van der Waals surface area (Å²) in [7, 11) is 0. The van der Waals surface area contributed by atoms with Gasteiger partial charge in [0, 0.05) is 0 Å². The van der Waals surface area contributed by atoms with E-state index in [4.69, 9.17) is 0 Å². The predicted molar refractivity (Wildman–Crippen MR) is 78.7 cm³/mol. The van der Waals surface area contributed by atoms with Crippen LogP contribution in [0.4, 0.5) is 0 Å². The van der Waals surface area contributed by atoms with Crippen molar-refractivity contribution in [3.8, 4) is 5.75 Å². The lowest BCUT2D eigenvalue weighted by molar-refractivity contribution is -0.0226. The Bertz CT molecular complexity index is 538. The molecule has 1 aromatic carbocycles. The van der Waals surface area contributed by atoms with Gasteiger partial charge >= 0.3 is 0 Å². The average molecular weight is 272 g/mol. The van der Waals surface area contributed by atoms with Crippen molar-refractivity contribution in [2.45, 2.75) is 57.5 Å². The molecule has 0 saturated heterocycles. The average Bonchev–Trinajstić information content (AvgIpc) is 2.74. The molecule has 0 aliphatic heterocycles. The molecule has 2 saturated carbocycles. The van der Waals surface area contributed by atoms with Crippen molar-refractivity contribution in [2.75, 3.05) is 0 Å². The minimum atomic E-state index is -0.0883. The van der Waals surface area contributed by atoms with E-state index in [9.17, 15) is 10.2 Å². The number of hydrogen-bond acceptors (Lipinski definition) is 2. The van der Waals surface area contributed by atoms with Crippen LogP contribution < -0.4 is 0 Å². The lowest BCUT2D eigenvalue weighted by atomic mass is 9.55. The third-order valence-electron chi connectivity index (χ3n) is 6.66. The van der Waals surface area contributed by atoms with E-state index in [0.29, 0.717) is 17.6 Å². The third kappa shape index (κ3) is 1.60. The fourth-order valence-corrected chi connectivity index (χ4v) is 5.54. The smallest absolute Gasteiger partial charge is 0.115 e. The summed E-state index contributed by atoms with van der Waals surface area (Å²) in [6, 6.07) is 5.96. The van der Waals surface area contributed by atoms with Crippen LogP contribution >= 0.6 is 0 Å². The molecule has 2 fully saturated rings. The molecule has 0 spiro atoms. The molecule has 1 aromatic rings. The monoisotopic (exact) mass is 272 g/mol. The zero-order valence-corrected chi connectivity index (χ0v) is 12.2.